The molecule has 4 fully saturated rings. The van der Waals surface area contributed by atoms with Crippen LogP contribution in [-0.4, -0.2) is 0 Å². The minimum Gasteiger partial charge on any atom is -0.455 e. The van der Waals surface area contributed by atoms with Crippen molar-refractivity contribution >= 4 is 11.4 Å². The summed E-state index contributed by atoms with van der Waals surface area (Å²) in [6.07, 6.45) is 6.52. The number of ether oxygens (including phenoxy) is 2. The van der Waals surface area contributed by atoms with Gasteiger partial charge in [-0.05, 0) is 116 Å². The molecule has 0 aliphatic heterocycles. The predicted molar refractivity (Wildman–Crippen MR) is 138 cm³/mol. The summed E-state index contributed by atoms with van der Waals surface area (Å²) in [6, 6.07) is 20.3. The first-order valence-electron chi connectivity index (χ1n) is 12.6. The van der Waals surface area contributed by atoms with Crippen LogP contribution in [0.25, 0.3) is 0 Å². The molecule has 4 saturated carbocycles. The highest BCUT2D eigenvalue weighted by molar-refractivity contribution is 5.60. The second-order valence-corrected chi connectivity index (χ2v) is 10.6. The Kier molecular flexibility index (Phi) is 5.46. The third-order valence-corrected chi connectivity index (χ3v) is 8.29. The molecule has 0 unspecified atom stereocenters. The SMILES string of the molecule is N#Cc1ccc(Oc2ccc(Oc3ccc(C#N)cc3N)c(C3C4CC5CC(C4)CC3C5)c2)c(N)c1. The molecule has 0 amide bonds. The summed E-state index contributed by atoms with van der Waals surface area (Å²) < 4.78 is 12.6. The lowest BCUT2D eigenvalue weighted by Crippen LogP contribution is -2.43. The number of benzene rings is 3. The molecule has 7 rings (SSSR count). The van der Waals surface area contributed by atoms with Crippen LogP contribution in [0.5, 0.6) is 23.0 Å². The van der Waals surface area contributed by atoms with Gasteiger partial charge in [-0.1, -0.05) is 0 Å². The monoisotopic (exact) mass is 476 g/mol. The standard InChI is InChI=1S/C30H28N4O2/c31-15-17-1-4-28(25(33)12-17)35-23-3-6-27(36-29-5-2-18(16-32)13-26(29)34)24(14-23)30-21-8-19-7-20(10-21)11-22(30)9-19/h1-6,12-14,19-22,30H,7-11,33-34H2. The molecule has 3 aromatic carbocycles. The lowest BCUT2D eigenvalue weighted by molar-refractivity contribution is -0.00339. The number of hydrogen-bond acceptors (Lipinski definition) is 6. The highest BCUT2D eigenvalue weighted by Crippen LogP contribution is 2.61. The van der Waals surface area contributed by atoms with Crippen LogP contribution >= 0.6 is 0 Å². The molecule has 4 bridgehead atoms. The summed E-state index contributed by atoms with van der Waals surface area (Å²) in [6.45, 7) is 0. The minimum atomic E-state index is 0.411. The number of nitrogen functional groups attached to an aromatic ring is 2. The van der Waals surface area contributed by atoms with Crippen LogP contribution in [-0.2, 0) is 0 Å². The van der Waals surface area contributed by atoms with Crippen molar-refractivity contribution in [2.45, 2.75) is 38.0 Å². The van der Waals surface area contributed by atoms with Crippen molar-refractivity contribution in [2.24, 2.45) is 23.7 Å². The largest absolute Gasteiger partial charge is 0.455 e. The maximum atomic E-state index is 9.19. The topological polar surface area (TPSA) is 118 Å². The van der Waals surface area contributed by atoms with Crippen LogP contribution < -0.4 is 20.9 Å². The van der Waals surface area contributed by atoms with E-state index < -0.39 is 0 Å². The first-order valence-corrected chi connectivity index (χ1v) is 12.6. The van der Waals surface area contributed by atoms with Crippen molar-refractivity contribution in [1.29, 1.82) is 10.5 Å². The maximum absolute atomic E-state index is 9.19. The first kappa shape index (κ1) is 22.3. The highest BCUT2D eigenvalue weighted by atomic mass is 16.5. The molecular formula is C30H28N4O2. The molecule has 0 saturated heterocycles. The van der Waals surface area contributed by atoms with E-state index in [1.165, 1.54) is 32.1 Å². The van der Waals surface area contributed by atoms with E-state index in [1.54, 1.807) is 36.4 Å². The zero-order chi connectivity index (χ0) is 24.8. The lowest BCUT2D eigenvalue weighted by atomic mass is 9.50. The number of nitrogens with two attached hydrogens (primary N) is 2. The average molecular weight is 477 g/mol. The van der Waals surface area contributed by atoms with E-state index in [9.17, 15) is 5.26 Å². The number of hydrogen-bond donors (Lipinski definition) is 2. The summed E-state index contributed by atoms with van der Waals surface area (Å²) in [5, 5.41) is 18.3. The van der Waals surface area contributed by atoms with Crippen LogP contribution in [0, 0.1) is 46.3 Å². The third kappa shape index (κ3) is 3.99. The zero-order valence-corrected chi connectivity index (χ0v) is 20.0. The van der Waals surface area contributed by atoms with Gasteiger partial charge in [0.15, 0.2) is 0 Å². The summed E-state index contributed by atoms with van der Waals surface area (Å²) in [7, 11) is 0. The molecule has 36 heavy (non-hydrogen) atoms. The van der Waals surface area contributed by atoms with Crippen molar-refractivity contribution in [3.63, 3.8) is 0 Å². The molecule has 0 heterocycles. The Bertz CT molecular complexity index is 1390. The van der Waals surface area contributed by atoms with Gasteiger partial charge < -0.3 is 20.9 Å². The van der Waals surface area contributed by atoms with E-state index in [1.807, 2.05) is 12.1 Å². The van der Waals surface area contributed by atoms with Gasteiger partial charge in [-0.15, -0.1) is 0 Å². The molecule has 6 heteroatoms. The molecule has 4 N–H and O–H groups in total. The van der Waals surface area contributed by atoms with E-state index >= 15 is 0 Å². The molecule has 6 nitrogen and oxygen atoms in total. The van der Waals surface area contributed by atoms with E-state index in [0.29, 0.717) is 57.5 Å². The van der Waals surface area contributed by atoms with Gasteiger partial charge in [0.05, 0.1) is 34.6 Å². The van der Waals surface area contributed by atoms with E-state index in [-0.39, 0.29) is 0 Å². The van der Waals surface area contributed by atoms with Gasteiger partial charge in [0.1, 0.15) is 23.0 Å². The zero-order valence-electron chi connectivity index (χ0n) is 20.0. The van der Waals surface area contributed by atoms with Crippen LogP contribution in [0.15, 0.2) is 54.6 Å². The third-order valence-electron chi connectivity index (χ3n) is 8.29. The van der Waals surface area contributed by atoms with Crippen molar-refractivity contribution < 1.29 is 9.47 Å². The second-order valence-electron chi connectivity index (χ2n) is 10.6. The van der Waals surface area contributed by atoms with Gasteiger partial charge >= 0.3 is 0 Å². The summed E-state index contributed by atoms with van der Waals surface area (Å²) in [5.74, 6) is 5.97. The van der Waals surface area contributed by atoms with E-state index in [2.05, 4.69) is 18.2 Å². The van der Waals surface area contributed by atoms with Gasteiger partial charge in [0.2, 0.25) is 0 Å². The molecule has 0 aromatic heterocycles. The maximum Gasteiger partial charge on any atom is 0.150 e. The number of nitriles is 2. The van der Waals surface area contributed by atoms with Crippen molar-refractivity contribution in [3.8, 4) is 35.1 Å². The van der Waals surface area contributed by atoms with E-state index in [0.717, 1.165) is 23.1 Å². The lowest BCUT2D eigenvalue weighted by Gasteiger charge is -2.54. The minimum absolute atomic E-state index is 0.411. The Balaban J connectivity index is 1.38. The Hall–Kier alpha value is -4.16. The molecule has 0 atom stereocenters. The Morgan fingerprint density at radius 2 is 1.17 bits per heavy atom. The molecule has 4 aliphatic carbocycles. The fraction of sp³-hybridized carbons (Fsp3) is 0.333. The van der Waals surface area contributed by atoms with Crippen molar-refractivity contribution in [1.82, 2.24) is 0 Å². The van der Waals surface area contributed by atoms with Gasteiger partial charge in [0.25, 0.3) is 0 Å². The second kappa shape index (κ2) is 8.81. The molecule has 4 aliphatic rings. The Morgan fingerprint density at radius 1 is 0.639 bits per heavy atom. The van der Waals surface area contributed by atoms with Crippen LogP contribution in [0.2, 0.25) is 0 Å². The van der Waals surface area contributed by atoms with Gasteiger partial charge in [-0.3, -0.25) is 0 Å². The fourth-order valence-electron chi connectivity index (χ4n) is 7.04. The Morgan fingerprint density at radius 3 is 1.69 bits per heavy atom. The summed E-state index contributed by atoms with van der Waals surface area (Å²) in [5.41, 5.74) is 15.4. The molecule has 3 aromatic rings. The van der Waals surface area contributed by atoms with E-state index in [4.69, 9.17) is 26.2 Å². The van der Waals surface area contributed by atoms with Gasteiger partial charge in [-0.25, -0.2) is 0 Å². The molecule has 0 radical (unpaired) electrons. The van der Waals surface area contributed by atoms with Gasteiger partial charge in [0, 0.05) is 5.56 Å². The Labute approximate surface area is 211 Å². The average Bonchev–Trinajstić information content (AvgIpc) is 2.87. The summed E-state index contributed by atoms with van der Waals surface area (Å²) in [4.78, 5) is 0. The van der Waals surface area contributed by atoms with Crippen LogP contribution in [0.3, 0.4) is 0 Å². The quantitative estimate of drug-likeness (QED) is 0.395. The smallest absolute Gasteiger partial charge is 0.150 e. The normalized spacial score (nSPS) is 25.7. The number of anilines is 2. The van der Waals surface area contributed by atoms with Crippen LogP contribution in [0.1, 0.15) is 54.7 Å². The predicted octanol–water partition coefficient (Wildman–Crippen LogP) is 6.72. The van der Waals surface area contributed by atoms with Gasteiger partial charge in [-0.2, -0.15) is 10.5 Å². The highest BCUT2D eigenvalue weighted by Gasteiger charge is 2.49. The van der Waals surface area contributed by atoms with Crippen molar-refractivity contribution in [2.75, 3.05) is 11.5 Å². The molecule has 180 valence electrons. The molecule has 0 spiro atoms. The number of nitrogens with zero attached hydrogens (tertiary/aromatic N) is 2. The van der Waals surface area contributed by atoms with Crippen LogP contribution in [0.4, 0.5) is 11.4 Å². The fourth-order valence-corrected chi connectivity index (χ4v) is 7.04. The summed E-state index contributed by atoms with van der Waals surface area (Å²) >= 11 is 0. The van der Waals surface area contributed by atoms with Crippen molar-refractivity contribution in [3.05, 3.63) is 71.3 Å². The number of rotatable bonds is 5. The molecular weight excluding hydrogens is 448 g/mol. The first-order chi connectivity index (χ1) is 17.5.